The highest BCUT2D eigenvalue weighted by atomic mass is 32.2. The fourth-order valence-electron chi connectivity index (χ4n) is 4.89. The molecule has 5 heterocycles. The molecule has 152 valence electrons. The molecule has 8 nitrogen and oxygen atoms in total. The van der Waals surface area contributed by atoms with E-state index < -0.39 is 14.6 Å². The molecule has 2 atom stereocenters. The minimum atomic E-state index is -3.26. The quantitative estimate of drug-likeness (QED) is 0.704. The van der Waals surface area contributed by atoms with E-state index in [2.05, 4.69) is 14.9 Å². The Bertz CT molecular complexity index is 1180. The lowest BCUT2D eigenvalue weighted by atomic mass is 10.1. The maximum atomic E-state index is 12.7. The number of sulfone groups is 1. The summed E-state index contributed by atoms with van der Waals surface area (Å²) in [4.78, 5) is 10.0. The number of hydrogen-bond donors (Lipinski definition) is 1. The van der Waals surface area contributed by atoms with Gasteiger partial charge in [0, 0.05) is 31.1 Å². The maximum absolute atomic E-state index is 12.7. The van der Waals surface area contributed by atoms with E-state index >= 15 is 0 Å². The van der Waals surface area contributed by atoms with E-state index in [1.54, 1.807) is 10.7 Å². The molecule has 2 bridgehead atoms. The van der Waals surface area contributed by atoms with Gasteiger partial charge in [-0.25, -0.2) is 17.9 Å². The van der Waals surface area contributed by atoms with Crippen LogP contribution in [0.3, 0.4) is 0 Å². The summed E-state index contributed by atoms with van der Waals surface area (Å²) in [7, 11) is -3.26. The van der Waals surface area contributed by atoms with Crippen molar-refractivity contribution in [1.29, 1.82) is 0 Å². The number of aromatic nitrogens is 4. The molecule has 0 spiro atoms. The monoisotopic (exact) mass is 413 g/mol. The van der Waals surface area contributed by atoms with Gasteiger partial charge < -0.3 is 14.6 Å². The molecule has 0 radical (unpaired) electrons. The minimum Gasteiger partial charge on any atom is -0.371 e. The largest absolute Gasteiger partial charge is 0.371 e. The van der Waals surface area contributed by atoms with Crippen molar-refractivity contribution in [2.24, 2.45) is 0 Å². The fourth-order valence-corrected chi connectivity index (χ4v) is 6.30. The average molecular weight is 414 g/mol. The van der Waals surface area contributed by atoms with E-state index in [0.717, 1.165) is 48.5 Å². The molecule has 6 rings (SSSR count). The van der Waals surface area contributed by atoms with E-state index in [-0.39, 0.29) is 12.2 Å². The number of fused-ring (bicyclic) bond motifs is 3. The lowest BCUT2D eigenvalue weighted by Crippen LogP contribution is -2.43. The predicted molar refractivity (Wildman–Crippen MR) is 109 cm³/mol. The number of hydrogen-bond acceptors (Lipinski definition) is 6. The molecule has 2 unspecified atom stereocenters. The van der Waals surface area contributed by atoms with Crippen molar-refractivity contribution in [1.82, 2.24) is 19.6 Å². The van der Waals surface area contributed by atoms with E-state index in [9.17, 15) is 8.42 Å². The molecule has 1 N–H and O–H groups in total. The zero-order valence-electron chi connectivity index (χ0n) is 16.2. The standard InChI is InChI=1S/C20H23N5O3S/c1-29(26,27)20(6-7-20)15-9-18(24-11-13-4-5-14(12-24)28-13)23-25-17(15)10-22-19(25)16-3-2-8-21-16/h2-3,8-10,13-14,21H,4-7,11-12H2,1H3. The number of imidazole rings is 1. The van der Waals surface area contributed by atoms with Crippen LogP contribution in [0.1, 0.15) is 31.2 Å². The molecule has 1 saturated carbocycles. The van der Waals surface area contributed by atoms with Crippen LogP contribution in [0.5, 0.6) is 0 Å². The van der Waals surface area contributed by atoms with Crippen LogP contribution in [0.25, 0.3) is 17.0 Å². The molecule has 9 heteroatoms. The van der Waals surface area contributed by atoms with E-state index in [0.29, 0.717) is 18.7 Å². The first kappa shape index (κ1) is 17.5. The van der Waals surface area contributed by atoms with Gasteiger partial charge in [0.1, 0.15) is 5.82 Å². The number of H-pyrrole nitrogens is 1. The highest BCUT2D eigenvalue weighted by Gasteiger charge is 2.55. The number of aromatic amines is 1. The van der Waals surface area contributed by atoms with Crippen molar-refractivity contribution >= 4 is 21.2 Å². The summed E-state index contributed by atoms with van der Waals surface area (Å²) >= 11 is 0. The average Bonchev–Trinajstić information content (AvgIpc) is 3.01. The normalized spacial score (nSPS) is 25.6. The van der Waals surface area contributed by atoms with Crippen molar-refractivity contribution < 1.29 is 13.2 Å². The van der Waals surface area contributed by atoms with Crippen LogP contribution in [0.2, 0.25) is 0 Å². The molecule has 3 aromatic rings. The smallest absolute Gasteiger partial charge is 0.177 e. The summed E-state index contributed by atoms with van der Waals surface area (Å²) in [6.45, 7) is 1.57. The topological polar surface area (TPSA) is 92.6 Å². The third kappa shape index (κ3) is 2.56. The van der Waals surface area contributed by atoms with Gasteiger partial charge in [-0.3, -0.25) is 0 Å². The lowest BCUT2D eigenvalue weighted by molar-refractivity contribution is 0.0301. The number of ether oxygens (including phenoxy) is 1. The lowest BCUT2D eigenvalue weighted by Gasteiger charge is -2.33. The van der Waals surface area contributed by atoms with Crippen LogP contribution in [-0.2, 0) is 19.3 Å². The number of rotatable bonds is 4. The second-order valence-electron chi connectivity index (χ2n) is 8.51. The van der Waals surface area contributed by atoms with Crippen LogP contribution in [0.15, 0.2) is 30.6 Å². The van der Waals surface area contributed by atoms with Crippen LogP contribution in [0, 0.1) is 0 Å². The fraction of sp³-hybridized carbons (Fsp3) is 0.500. The third-order valence-corrected chi connectivity index (χ3v) is 8.65. The van der Waals surface area contributed by atoms with E-state index in [1.807, 2.05) is 24.4 Å². The number of nitrogens with one attached hydrogen (secondary N) is 1. The Morgan fingerprint density at radius 2 is 2.00 bits per heavy atom. The summed E-state index contributed by atoms with van der Waals surface area (Å²) < 4.78 is 32.4. The Morgan fingerprint density at radius 1 is 1.24 bits per heavy atom. The second kappa shape index (κ2) is 5.82. The van der Waals surface area contributed by atoms with Gasteiger partial charge >= 0.3 is 0 Å². The van der Waals surface area contributed by atoms with Crippen LogP contribution >= 0.6 is 0 Å². The molecule has 0 aromatic carbocycles. The summed E-state index contributed by atoms with van der Waals surface area (Å²) in [6, 6.07) is 5.84. The molecular weight excluding hydrogens is 390 g/mol. The van der Waals surface area contributed by atoms with Gasteiger partial charge in [0.2, 0.25) is 0 Å². The zero-order valence-corrected chi connectivity index (χ0v) is 17.0. The van der Waals surface area contributed by atoms with Gasteiger partial charge in [-0.1, -0.05) is 0 Å². The third-order valence-electron chi connectivity index (χ3n) is 6.60. The van der Waals surface area contributed by atoms with Gasteiger partial charge in [-0.15, -0.1) is 5.10 Å². The second-order valence-corrected chi connectivity index (χ2v) is 10.8. The van der Waals surface area contributed by atoms with Gasteiger partial charge in [0.15, 0.2) is 15.7 Å². The van der Waals surface area contributed by atoms with Gasteiger partial charge in [0.05, 0.1) is 34.4 Å². The summed E-state index contributed by atoms with van der Waals surface area (Å²) in [5.74, 6) is 1.49. The summed E-state index contributed by atoms with van der Waals surface area (Å²) in [5.41, 5.74) is 2.43. The molecule has 0 amide bonds. The first-order chi connectivity index (χ1) is 13.9. The molecular formula is C20H23N5O3S. The zero-order chi connectivity index (χ0) is 19.8. The Morgan fingerprint density at radius 3 is 2.62 bits per heavy atom. The number of anilines is 1. The first-order valence-electron chi connectivity index (χ1n) is 10.1. The van der Waals surface area contributed by atoms with E-state index in [1.165, 1.54) is 6.26 Å². The Kier molecular flexibility index (Phi) is 3.51. The minimum absolute atomic E-state index is 0.227. The Labute approximate surface area is 168 Å². The maximum Gasteiger partial charge on any atom is 0.177 e. The van der Waals surface area contributed by atoms with Crippen molar-refractivity contribution in [3.05, 3.63) is 36.2 Å². The molecule has 29 heavy (non-hydrogen) atoms. The van der Waals surface area contributed by atoms with Crippen molar-refractivity contribution in [2.75, 3.05) is 24.2 Å². The van der Waals surface area contributed by atoms with E-state index in [4.69, 9.17) is 9.84 Å². The van der Waals surface area contributed by atoms with Gasteiger partial charge in [-0.2, -0.15) is 0 Å². The number of nitrogens with zero attached hydrogens (tertiary/aromatic N) is 4. The highest BCUT2D eigenvalue weighted by molar-refractivity contribution is 7.92. The molecule has 3 aliphatic rings. The number of morpholine rings is 1. The summed E-state index contributed by atoms with van der Waals surface area (Å²) in [6.07, 6.45) is 8.81. The van der Waals surface area contributed by atoms with Crippen molar-refractivity contribution in [2.45, 2.75) is 42.6 Å². The van der Waals surface area contributed by atoms with Crippen LogP contribution < -0.4 is 4.90 Å². The Balaban J connectivity index is 1.56. The predicted octanol–water partition coefficient (Wildman–Crippen LogP) is 2.13. The van der Waals surface area contributed by atoms with Gasteiger partial charge in [-0.05, 0) is 43.9 Å². The first-order valence-corrected chi connectivity index (χ1v) is 12.0. The van der Waals surface area contributed by atoms with Crippen LogP contribution in [0.4, 0.5) is 5.82 Å². The molecule has 2 saturated heterocycles. The molecule has 1 aliphatic carbocycles. The molecule has 3 fully saturated rings. The molecule has 2 aliphatic heterocycles. The highest BCUT2D eigenvalue weighted by Crippen LogP contribution is 2.54. The van der Waals surface area contributed by atoms with Gasteiger partial charge in [0.25, 0.3) is 0 Å². The van der Waals surface area contributed by atoms with Crippen molar-refractivity contribution in [3.8, 4) is 11.5 Å². The Hall–Kier alpha value is -2.39. The molecule has 3 aromatic heterocycles. The van der Waals surface area contributed by atoms with Crippen molar-refractivity contribution in [3.63, 3.8) is 0 Å². The van der Waals surface area contributed by atoms with Crippen LogP contribution in [-0.4, -0.2) is 59.6 Å². The summed E-state index contributed by atoms with van der Waals surface area (Å²) in [5, 5.41) is 4.91. The SMILES string of the molecule is CS(=O)(=O)C1(c2cc(N3CC4CCC(C3)O4)nn3c(-c4ccc[nH]4)ncc23)CC1.